The number of carbonyl (C=O) groups excluding carboxylic acids is 1. The maximum absolute atomic E-state index is 12.3. The molecule has 0 heterocycles. The van der Waals surface area contributed by atoms with Gasteiger partial charge in [0.2, 0.25) is 0 Å². The maximum Gasteiger partial charge on any atom is 0.306 e. The van der Waals surface area contributed by atoms with Crippen molar-refractivity contribution in [3.8, 4) is 0 Å². The third-order valence-electron chi connectivity index (χ3n) is 6.25. The lowest BCUT2D eigenvalue weighted by Crippen LogP contribution is -2.16. The van der Waals surface area contributed by atoms with Gasteiger partial charge in [0.25, 0.3) is 0 Å². The molecule has 0 amide bonds. The van der Waals surface area contributed by atoms with E-state index in [0.717, 1.165) is 77.0 Å². The number of carboxylic acid groups (broad SMARTS) is 1. The Kier molecular flexibility index (Phi) is 26.9. The number of aliphatic carboxylic acids is 1. The van der Waals surface area contributed by atoms with E-state index in [1.54, 1.807) is 0 Å². The lowest BCUT2D eigenvalue weighted by molar-refractivity contribution is -0.147. The van der Waals surface area contributed by atoms with Crippen molar-refractivity contribution >= 4 is 11.9 Å². The standard InChI is InChI=1S/C33H56O4/c1-3-5-7-8-9-10-11-12-13-14-15-16-17-18-19-20-26-30-33(36)37-31(27-23-6-4-2)28-24-21-22-25-29-32(34)35/h5,7,9-10,12-13,23,27,31H,3-4,6,8,11,14-22,24-26,28-30H2,1-2H3,(H,34,35)/b7-5-,10-9-,13-12-,27-23-. The SMILES string of the molecule is CC/C=C\C/C=C\C/C=C\CCCCCCCCCC(=O)OC(/C=C\CCC)CCCCCCC(=O)O. The molecule has 0 saturated carbocycles. The first-order valence-corrected chi connectivity index (χ1v) is 15.1. The fourth-order valence-electron chi connectivity index (χ4n) is 4.05. The fraction of sp³-hybridized carbons (Fsp3) is 0.697. The normalized spacial score (nSPS) is 12.9. The molecule has 0 aliphatic carbocycles. The number of unbranched alkanes of at least 4 members (excludes halogenated alkanes) is 11. The molecule has 0 aromatic carbocycles. The molecule has 0 saturated heterocycles. The van der Waals surface area contributed by atoms with Gasteiger partial charge in [0.05, 0.1) is 0 Å². The van der Waals surface area contributed by atoms with E-state index >= 15 is 0 Å². The van der Waals surface area contributed by atoms with Gasteiger partial charge in [-0.2, -0.15) is 0 Å². The van der Waals surface area contributed by atoms with Crippen LogP contribution in [0.1, 0.15) is 142 Å². The molecule has 0 spiro atoms. The molecule has 37 heavy (non-hydrogen) atoms. The summed E-state index contributed by atoms with van der Waals surface area (Å²) in [5.74, 6) is -0.816. The van der Waals surface area contributed by atoms with E-state index in [4.69, 9.17) is 9.84 Å². The van der Waals surface area contributed by atoms with Crippen molar-refractivity contribution in [3.63, 3.8) is 0 Å². The van der Waals surface area contributed by atoms with Crippen LogP contribution in [0.2, 0.25) is 0 Å². The molecule has 1 N–H and O–H groups in total. The van der Waals surface area contributed by atoms with Crippen LogP contribution in [0.3, 0.4) is 0 Å². The first-order chi connectivity index (χ1) is 18.1. The second kappa shape index (κ2) is 28.5. The van der Waals surface area contributed by atoms with Gasteiger partial charge < -0.3 is 9.84 Å². The van der Waals surface area contributed by atoms with Crippen LogP contribution < -0.4 is 0 Å². The van der Waals surface area contributed by atoms with Gasteiger partial charge in [0.15, 0.2) is 0 Å². The summed E-state index contributed by atoms with van der Waals surface area (Å²) < 4.78 is 5.74. The third-order valence-corrected chi connectivity index (χ3v) is 6.25. The summed E-state index contributed by atoms with van der Waals surface area (Å²) in [5.41, 5.74) is 0. The van der Waals surface area contributed by atoms with Gasteiger partial charge >= 0.3 is 11.9 Å². The molecular formula is C33H56O4. The lowest BCUT2D eigenvalue weighted by Gasteiger charge is -2.14. The zero-order valence-corrected chi connectivity index (χ0v) is 24.0. The van der Waals surface area contributed by atoms with Crippen LogP contribution >= 0.6 is 0 Å². The zero-order valence-electron chi connectivity index (χ0n) is 24.0. The van der Waals surface area contributed by atoms with Crippen LogP contribution in [0.25, 0.3) is 0 Å². The van der Waals surface area contributed by atoms with Crippen LogP contribution in [0, 0.1) is 0 Å². The Bertz CT molecular complexity index is 645. The van der Waals surface area contributed by atoms with Gasteiger partial charge in [0.1, 0.15) is 6.10 Å². The van der Waals surface area contributed by atoms with Crippen LogP contribution in [0.15, 0.2) is 48.6 Å². The monoisotopic (exact) mass is 516 g/mol. The van der Waals surface area contributed by atoms with E-state index < -0.39 is 5.97 Å². The van der Waals surface area contributed by atoms with E-state index in [0.29, 0.717) is 6.42 Å². The fourth-order valence-corrected chi connectivity index (χ4v) is 4.05. The van der Waals surface area contributed by atoms with Gasteiger partial charge in [-0.05, 0) is 70.3 Å². The Morgan fingerprint density at radius 1 is 0.649 bits per heavy atom. The summed E-state index contributed by atoms with van der Waals surface area (Å²) in [5, 5.41) is 8.72. The van der Waals surface area contributed by atoms with Gasteiger partial charge in [-0.1, -0.05) is 108 Å². The molecule has 4 nitrogen and oxygen atoms in total. The summed E-state index contributed by atoms with van der Waals surface area (Å²) in [7, 11) is 0. The maximum atomic E-state index is 12.3. The molecule has 212 valence electrons. The van der Waals surface area contributed by atoms with E-state index in [9.17, 15) is 9.59 Å². The molecule has 0 aliphatic rings. The second-order valence-corrected chi connectivity index (χ2v) is 9.90. The number of hydrogen-bond donors (Lipinski definition) is 1. The number of ether oxygens (including phenoxy) is 1. The predicted octanol–water partition coefficient (Wildman–Crippen LogP) is 10.0. The first kappa shape index (κ1) is 34.9. The van der Waals surface area contributed by atoms with Crippen LogP contribution in [-0.4, -0.2) is 23.1 Å². The molecule has 4 heteroatoms. The topological polar surface area (TPSA) is 63.6 Å². The van der Waals surface area contributed by atoms with Crippen molar-refractivity contribution in [2.75, 3.05) is 0 Å². The van der Waals surface area contributed by atoms with E-state index in [1.165, 1.54) is 38.5 Å². The molecular weight excluding hydrogens is 460 g/mol. The van der Waals surface area contributed by atoms with E-state index in [1.807, 2.05) is 6.08 Å². The van der Waals surface area contributed by atoms with Crippen molar-refractivity contribution in [3.05, 3.63) is 48.6 Å². The highest BCUT2D eigenvalue weighted by molar-refractivity contribution is 5.69. The number of hydrogen-bond acceptors (Lipinski definition) is 3. The summed E-state index contributed by atoms with van der Waals surface area (Å²) >= 11 is 0. The molecule has 0 radical (unpaired) electrons. The minimum atomic E-state index is -0.729. The average molecular weight is 517 g/mol. The van der Waals surface area contributed by atoms with E-state index in [-0.39, 0.29) is 18.5 Å². The van der Waals surface area contributed by atoms with Crippen molar-refractivity contribution in [2.45, 2.75) is 148 Å². The Balaban J connectivity index is 3.78. The molecule has 0 fully saturated rings. The average Bonchev–Trinajstić information content (AvgIpc) is 2.87. The highest BCUT2D eigenvalue weighted by Crippen LogP contribution is 2.14. The van der Waals surface area contributed by atoms with E-state index in [2.05, 4.69) is 56.4 Å². The largest absolute Gasteiger partial charge is 0.481 e. The second-order valence-electron chi connectivity index (χ2n) is 9.90. The number of rotatable bonds is 26. The molecule has 0 aliphatic heterocycles. The number of carbonyl (C=O) groups is 2. The predicted molar refractivity (Wildman–Crippen MR) is 158 cm³/mol. The van der Waals surface area contributed by atoms with Gasteiger partial charge in [-0.15, -0.1) is 0 Å². The molecule has 0 bridgehead atoms. The minimum absolute atomic E-state index is 0.0870. The quantitative estimate of drug-likeness (QED) is 0.0705. The Morgan fingerprint density at radius 2 is 1.22 bits per heavy atom. The smallest absolute Gasteiger partial charge is 0.306 e. The molecule has 0 aromatic rings. The summed E-state index contributed by atoms with van der Waals surface area (Å²) in [6.07, 6.45) is 37.3. The molecule has 0 rings (SSSR count). The van der Waals surface area contributed by atoms with Gasteiger partial charge in [-0.3, -0.25) is 9.59 Å². The molecule has 0 aromatic heterocycles. The number of allylic oxidation sites excluding steroid dienone is 7. The van der Waals surface area contributed by atoms with Crippen molar-refractivity contribution in [2.24, 2.45) is 0 Å². The van der Waals surface area contributed by atoms with Gasteiger partial charge in [0, 0.05) is 12.8 Å². The summed E-state index contributed by atoms with van der Waals surface area (Å²) in [6, 6.07) is 0. The number of esters is 1. The van der Waals surface area contributed by atoms with Gasteiger partial charge in [-0.25, -0.2) is 0 Å². The number of carboxylic acids is 1. The van der Waals surface area contributed by atoms with Crippen molar-refractivity contribution < 1.29 is 19.4 Å². The summed E-state index contributed by atoms with van der Waals surface area (Å²) in [6.45, 7) is 4.30. The first-order valence-electron chi connectivity index (χ1n) is 15.1. The minimum Gasteiger partial charge on any atom is -0.481 e. The highest BCUT2D eigenvalue weighted by Gasteiger charge is 2.11. The van der Waals surface area contributed by atoms with Crippen LogP contribution in [-0.2, 0) is 14.3 Å². The Hall–Kier alpha value is -2.10. The third kappa shape index (κ3) is 28.3. The van der Waals surface area contributed by atoms with Crippen LogP contribution in [0.4, 0.5) is 0 Å². The van der Waals surface area contributed by atoms with Crippen molar-refractivity contribution in [1.29, 1.82) is 0 Å². The van der Waals surface area contributed by atoms with Crippen molar-refractivity contribution in [1.82, 2.24) is 0 Å². The lowest BCUT2D eigenvalue weighted by atomic mass is 10.1. The molecule has 1 atom stereocenters. The Labute approximate surface area is 228 Å². The Morgan fingerprint density at radius 3 is 1.86 bits per heavy atom. The van der Waals surface area contributed by atoms with Crippen LogP contribution in [0.5, 0.6) is 0 Å². The zero-order chi connectivity index (χ0) is 27.2. The summed E-state index contributed by atoms with van der Waals surface area (Å²) in [4.78, 5) is 22.9. The molecule has 1 unspecified atom stereocenters. The highest BCUT2D eigenvalue weighted by atomic mass is 16.5.